The Morgan fingerprint density at radius 3 is 2.53 bits per heavy atom. The number of halogens is 4. The van der Waals surface area contributed by atoms with Gasteiger partial charge >= 0.3 is 0 Å². The lowest BCUT2D eigenvalue weighted by molar-refractivity contribution is -0.140. The molecular weight excluding hydrogens is 463 g/mol. The number of hydrogen-bond acceptors (Lipinski definition) is 3. The lowest BCUT2D eigenvalue weighted by atomic mass is 10.0. The molecule has 2 aromatic carbocycles. The van der Waals surface area contributed by atoms with Crippen LogP contribution in [0.25, 0.3) is 0 Å². The van der Waals surface area contributed by atoms with E-state index in [2.05, 4.69) is 10.6 Å². The largest absolute Gasteiger partial charge is 0.351 e. The quantitative estimate of drug-likeness (QED) is 0.638. The van der Waals surface area contributed by atoms with Crippen molar-refractivity contribution in [3.8, 4) is 0 Å². The first kappa shape index (κ1) is 23.9. The minimum absolute atomic E-state index is 0.0495. The molecule has 1 saturated heterocycles. The van der Waals surface area contributed by atoms with E-state index in [0.29, 0.717) is 34.8 Å². The summed E-state index contributed by atoms with van der Waals surface area (Å²) in [5.41, 5.74) is 0.159. The first-order valence-electron chi connectivity index (χ1n) is 10.0. The van der Waals surface area contributed by atoms with Crippen LogP contribution in [0.4, 0.5) is 14.5 Å². The Kier molecular flexibility index (Phi) is 8.04. The van der Waals surface area contributed by atoms with Gasteiger partial charge < -0.3 is 15.5 Å². The third kappa shape index (κ3) is 5.95. The lowest BCUT2D eigenvalue weighted by Crippen LogP contribution is -2.50. The molecule has 0 aromatic heterocycles. The zero-order chi connectivity index (χ0) is 23.3. The van der Waals surface area contributed by atoms with Crippen LogP contribution in [0.2, 0.25) is 10.0 Å². The second-order valence-electron chi connectivity index (χ2n) is 7.35. The number of amides is 3. The molecule has 1 atom stereocenters. The fourth-order valence-corrected chi connectivity index (χ4v) is 3.80. The van der Waals surface area contributed by atoms with E-state index in [1.165, 1.54) is 11.0 Å². The van der Waals surface area contributed by atoms with Crippen molar-refractivity contribution in [1.29, 1.82) is 0 Å². The number of nitrogens with one attached hydrogen (secondary N) is 2. The average Bonchev–Trinajstić information content (AvgIpc) is 2.76. The number of hydrogen-bond donors (Lipinski definition) is 2. The molecule has 0 radical (unpaired) electrons. The van der Waals surface area contributed by atoms with Crippen LogP contribution in [0.1, 0.15) is 36.0 Å². The third-order valence-corrected chi connectivity index (χ3v) is 5.85. The van der Waals surface area contributed by atoms with Crippen LogP contribution in [0, 0.1) is 11.6 Å². The normalized spacial score (nSPS) is 15.9. The standard InChI is InChI=1S/C22H21Cl2F2N3O3/c23-16-7-5-14(12-17(16)24)28-22(32)19-3-1-2-10-29(19)20(30)8-9-27-21(31)15-6-4-13(25)11-18(15)26/h4-7,11-12,19H,1-3,8-10H2,(H,27,31)(H,28,32). The first-order chi connectivity index (χ1) is 15.3. The Morgan fingerprint density at radius 1 is 1.03 bits per heavy atom. The molecule has 0 spiro atoms. The van der Waals surface area contributed by atoms with Crippen LogP contribution in [-0.2, 0) is 9.59 Å². The highest BCUT2D eigenvalue weighted by atomic mass is 35.5. The van der Waals surface area contributed by atoms with Crippen LogP contribution in [-0.4, -0.2) is 41.8 Å². The Bertz CT molecular complexity index is 1040. The first-order valence-corrected chi connectivity index (χ1v) is 10.8. The van der Waals surface area contributed by atoms with E-state index in [1.54, 1.807) is 12.1 Å². The summed E-state index contributed by atoms with van der Waals surface area (Å²) in [5.74, 6) is -3.16. The Labute approximate surface area is 193 Å². The Balaban J connectivity index is 1.57. The second-order valence-corrected chi connectivity index (χ2v) is 8.16. The van der Waals surface area contributed by atoms with Crippen molar-refractivity contribution in [3.63, 3.8) is 0 Å². The molecule has 0 saturated carbocycles. The van der Waals surface area contributed by atoms with Gasteiger partial charge in [-0.3, -0.25) is 14.4 Å². The van der Waals surface area contributed by atoms with Gasteiger partial charge in [-0.2, -0.15) is 0 Å². The van der Waals surface area contributed by atoms with Gasteiger partial charge in [0, 0.05) is 31.3 Å². The molecule has 10 heteroatoms. The monoisotopic (exact) mass is 483 g/mol. The summed E-state index contributed by atoms with van der Waals surface area (Å²) < 4.78 is 26.7. The summed E-state index contributed by atoms with van der Waals surface area (Å²) in [6.45, 7) is 0.366. The smallest absolute Gasteiger partial charge is 0.254 e. The van der Waals surface area contributed by atoms with E-state index in [4.69, 9.17) is 23.2 Å². The molecule has 6 nitrogen and oxygen atoms in total. The highest BCUT2D eigenvalue weighted by Crippen LogP contribution is 2.26. The zero-order valence-electron chi connectivity index (χ0n) is 17.0. The molecule has 0 bridgehead atoms. The molecule has 1 aliphatic rings. The van der Waals surface area contributed by atoms with Crippen molar-refractivity contribution < 1.29 is 23.2 Å². The van der Waals surface area contributed by atoms with Gasteiger partial charge in [0.1, 0.15) is 17.7 Å². The summed E-state index contributed by atoms with van der Waals surface area (Å²) >= 11 is 11.9. The fourth-order valence-electron chi connectivity index (χ4n) is 3.50. The third-order valence-electron chi connectivity index (χ3n) is 5.11. The summed E-state index contributed by atoms with van der Waals surface area (Å²) in [6.07, 6.45) is 2.00. The van der Waals surface area contributed by atoms with E-state index in [0.717, 1.165) is 25.0 Å². The van der Waals surface area contributed by atoms with Gasteiger partial charge in [0.2, 0.25) is 11.8 Å². The van der Waals surface area contributed by atoms with E-state index in [9.17, 15) is 23.2 Å². The molecule has 2 aromatic rings. The Hall–Kier alpha value is -2.71. The van der Waals surface area contributed by atoms with Crippen molar-refractivity contribution in [2.45, 2.75) is 31.7 Å². The second kappa shape index (κ2) is 10.7. The number of anilines is 1. The number of carbonyl (C=O) groups excluding carboxylic acids is 3. The van der Waals surface area contributed by atoms with Crippen molar-refractivity contribution in [1.82, 2.24) is 10.2 Å². The fraction of sp³-hybridized carbons (Fsp3) is 0.318. The molecule has 1 unspecified atom stereocenters. The Morgan fingerprint density at radius 2 is 1.81 bits per heavy atom. The summed E-state index contributed by atoms with van der Waals surface area (Å²) in [4.78, 5) is 39.1. The van der Waals surface area contributed by atoms with Gasteiger partial charge in [-0.15, -0.1) is 0 Å². The maximum atomic E-state index is 13.7. The molecule has 32 heavy (non-hydrogen) atoms. The van der Waals surface area contributed by atoms with Crippen molar-refractivity contribution in [2.75, 3.05) is 18.4 Å². The summed E-state index contributed by atoms with van der Waals surface area (Å²) in [5, 5.41) is 5.86. The van der Waals surface area contributed by atoms with E-state index < -0.39 is 23.6 Å². The number of likely N-dealkylation sites (tertiary alicyclic amines) is 1. The lowest BCUT2D eigenvalue weighted by Gasteiger charge is -2.34. The van der Waals surface area contributed by atoms with Gasteiger partial charge in [-0.05, 0) is 49.6 Å². The van der Waals surface area contributed by atoms with Gasteiger partial charge in [0.05, 0.1) is 15.6 Å². The maximum absolute atomic E-state index is 13.7. The highest BCUT2D eigenvalue weighted by Gasteiger charge is 2.32. The minimum atomic E-state index is -0.983. The molecule has 2 N–H and O–H groups in total. The molecule has 170 valence electrons. The predicted octanol–water partition coefficient (Wildman–Crippen LogP) is 4.41. The molecule has 3 rings (SSSR count). The van der Waals surface area contributed by atoms with Crippen LogP contribution >= 0.6 is 23.2 Å². The number of benzene rings is 2. The van der Waals surface area contributed by atoms with Crippen LogP contribution < -0.4 is 10.6 Å². The van der Waals surface area contributed by atoms with E-state index in [1.807, 2.05) is 0 Å². The van der Waals surface area contributed by atoms with Crippen LogP contribution in [0.5, 0.6) is 0 Å². The number of carbonyl (C=O) groups is 3. The van der Waals surface area contributed by atoms with Crippen molar-refractivity contribution in [3.05, 3.63) is 63.6 Å². The zero-order valence-corrected chi connectivity index (χ0v) is 18.5. The van der Waals surface area contributed by atoms with Crippen molar-refractivity contribution in [2.24, 2.45) is 0 Å². The predicted molar refractivity (Wildman–Crippen MR) is 118 cm³/mol. The topological polar surface area (TPSA) is 78.5 Å². The van der Waals surface area contributed by atoms with Gasteiger partial charge in [0.15, 0.2) is 0 Å². The number of piperidine rings is 1. The van der Waals surface area contributed by atoms with Crippen LogP contribution in [0.15, 0.2) is 36.4 Å². The molecule has 1 fully saturated rings. The van der Waals surface area contributed by atoms with Gasteiger partial charge in [-0.1, -0.05) is 23.2 Å². The summed E-state index contributed by atoms with van der Waals surface area (Å²) in [7, 11) is 0. The maximum Gasteiger partial charge on any atom is 0.254 e. The molecule has 0 aliphatic carbocycles. The molecule has 3 amide bonds. The minimum Gasteiger partial charge on any atom is -0.351 e. The van der Waals surface area contributed by atoms with Gasteiger partial charge in [0.25, 0.3) is 5.91 Å². The molecule has 1 heterocycles. The van der Waals surface area contributed by atoms with E-state index in [-0.39, 0.29) is 30.3 Å². The molecular formula is C22H21Cl2F2N3O3. The number of rotatable bonds is 6. The SMILES string of the molecule is O=C(NCCC(=O)N1CCCCC1C(=O)Nc1ccc(Cl)c(Cl)c1)c1ccc(F)cc1F. The summed E-state index contributed by atoms with van der Waals surface area (Å²) in [6, 6.07) is 6.69. The highest BCUT2D eigenvalue weighted by molar-refractivity contribution is 6.42. The van der Waals surface area contributed by atoms with Crippen LogP contribution in [0.3, 0.4) is 0 Å². The van der Waals surface area contributed by atoms with E-state index >= 15 is 0 Å². The van der Waals surface area contributed by atoms with Gasteiger partial charge in [-0.25, -0.2) is 8.78 Å². The van der Waals surface area contributed by atoms with Crippen molar-refractivity contribution >= 4 is 46.6 Å². The average molecular weight is 484 g/mol. The number of nitrogens with zero attached hydrogens (tertiary/aromatic N) is 1. The molecule has 1 aliphatic heterocycles.